The number of aliphatic hydroxyl groups excluding tert-OH is 1. The van der Waals surface area contributed by atoms with Crippen LogP contribution < -0.4 is 0 Å². The van der Waals surface area contributed by atoms with Crippen LogP contribution in [0.1, 0.15) is 0 Å². The Morgan fingerprint density at radius 3 is 1.12 bits per heavy atom. The van der Waals surface area contributed by atoms with Gasteiger partial charge >= 0.3 is 47.9 Å². The molecular weight excluding hydrogens is 550 g/mol. The predicted octanol–water partition coefficient (Wildman–Crippen LogP) is 3.99. The number of aliphatic hydroxyl groups is 1. The van der Waals surface area contributed by atoms with E-state index in [1.54, 1.807) is 0 Å². The lowest BCUT2D eigenvalue weighted by atomic mass is 9.78. The van der Waals surface area contributed by atoms with Gasteiger partial charge in [0, 0.05) is 0 Å². The Bertz CT molecular complexity index is 832. The van der Waals surface area contributed by atoms with Crippen molar-refractivity contribution in [2.24, 2.45) is 0 Å². The summed E-state index contributed by atoms with van der Waals surface area (Å²) in [6.07, 6.45) is -36.2. The number of carbonyl (C=O) groups is 3. The number of Topliss-reactive ketones (excluding diaryl/α,β-unsaturated/α-hetero) is 3. The molecule has 0 radical (unpaired) electrons. The Kier molecular flexibility index (Phi) is 7.59. The first-order chi connectivity index (χ1) is 14.4. The van der Waals surface area contributed by atoms with Crippen molar-refractivity contribution >= 4 is 17.3 Å². The van der Waals surface area contributed by atoms with E-state index in [2.05, 4.69) is 0 Å². The van der Waals surface area contributed by atoms with Gasteiger partial charge in [-0.3, -0.25) is 14.4 Å². The summed E-state index contributed by atoms with van der Waals surface area (Å²) in [5.74, 6) is -32.5. The van der Waals surface area contributed by atoms with Crippen LogP contribution in [0.15, 0.2) is 0 Å². The van der Waals surface area contributed by atoms with E-state index < -0.39 is 71.3 Å². The fraction of sp³-hybridized carbons (Fsp3) is 0.750. The zero-order valence-electron chi connectivity index (χ0n) is 14.6. The average Bonchev–Trinajstić information content (AvgIpc) is 2.60. The van der Waals surface area contributed by atoms with Crippen LogP contribution >= 0.6 is 0 Å². The maximum atomic E-state index is 14.1. The smallest absolute Gasteiger partial charge is 0.378 e. The van der Waals surface area contributed by atoms with Crippen LogP contribution in [0.2, 0.25) is 0 Å². The molecule has 0 aromatic carbocycles. The fourth-order valence-corrected chi connectivity index (χ4v) is 1.94. The average molecular weight is 552 g/mol. The van der Waals surface area contributed by atoms with Gasteiger partial charge in [-0.25, -0.2) is 8.78 Å². The first-order valence-electron chi connectivity index (χ1n) is 7.10. The number of rotatable bonds is 7. The van der Waals surface area contributed by atoms with E-state index in [0.717, 1.165) is 0 Å². The molecule has 0 bridgehead atoms. The minimum atomic E-state index is -8.43. The van der Waals surface area contributed by atoms with Gasteiger partial charge in [0.25, 0.3) is 17.3 Å². The molecule has 0 aliphatic carbocycles. The SMILES string of the molecule is O=C(C(F)(F)F)C(F)(C(=O)C(F)(F)C(F)(C(=O)C(F)(F)C(O)C(F)(F)F)C(F)(F)F)C(F)(F)F. The maximum Gasteiger partial charge on any atom is 0.454 e. The van der Waals surface area contributed by atoms with E-state index in [1.807, 2.05) is 0 Å². The molecule has 0 amide bonds. The van der Waals surface area contributed by atoms with Crippen molar-refractivity contribution in [3.05, 3.63) is 0 Å². The van der Waals surface area contributed by atoms with Crippen molar-refractivity contribution in [3.63, 3.8) is 0 Å². The number of ketones is 3. The molecule has 34 heavy (non-hydrogen) atoms. The van der Waals surface area contributed by atoms with Gasteiger partial charge in [0.15, 0.2) is 0 Å². The summed E-state index contributed by atoms with van der Waals surface area (Å²) in [5, 5.41) is 8.18. The van der Waals surface area contributed by atoms with Crippen LogP contribution in [0, 0.1) is 0 Å². The van der Waals surface area contributed by atoms with E-state index in [-0.39, 0.29) is 0 Å². The van der Waals surface area contributed by atoms with Crippen LogP contribution in [0.4, 0.5) is 79.0 Å². The monoisotopic (exact) mass is 552 g/mol. The zero-order chi connectivity index (χ0) is 28.3. The van der Waals surface area contributed by atoms with E-state index in [4.69, 9.17) is 5.11 Å². The normalized spacial score (nSPS) is 19.1. The third-order valence-corrected chi connectivity index (χ3v) is 3.65. The van der Waals surface area contributed by atoms with Crippen LogP contribution in [0.3, 0.4) is 0 Å². The van der Waals surface area contributed by atoms with Gasteiger partial charge in [-0.2, -0.15) is 70.2 Å². The first kappa shape index (κ1) is 31.7. The minimum absolute atomic E-state index is 5.30. The molecule has 0 aromatic rings. The first-order valence-corrected chi connectivity index (χ1v) is 7.10. The molecule has 22 heteroatoms. The molecule has 0 aromatic heterocycles. The molecule has 0 aliphatic rings. The van der Waals surface area contributed by atoms with Gasteiger partial charge in [-0.15, -0.1) is 0 Å². The van der Waals surface area contributed by atoms with Crippen molar-refractivity contribution in [2.45, 2.75) is 54.0 Å². The summed E-state index contributed by atoms with van der Waals surface area (Å²) in [7, 11) is 0. The second kappa shape index (κ2) is 8.14. The van der Waals surface area contributed by atoms with Crippen LogP contribution in [-0.2, 0) is 14.4 Å². The molecule has 0 spiro atoms. The lowest BCUT2D eigenvalue weighted by molar-refractivity contribution is -0.308. The summed E-state index contributed by atoms with van der Waals surface area (Å²) in [5.41, 5.74) is -16.3. The highest BCUT2D eigenvalue weighted by molar-refractivity contribution is 6.18. The van der Waals surface area contributed by atoms with Crippen molar-refractivity contribution in [3.8, 4) is 0 Å². The molecule has 0 fully saturated rings. The maximum absolute atomic E-state index is 14.1. The van der Waals surface area contributed by atoms with Gasteiger partial charge in [0.2, 0.25) is 6.10 Å². The number of hydrogen-bond donors (Lipinski definition) is 1. The lowest BCUT2D eigenvalue weighted by Crippen LogP contribution is -2.74. The van der Waals surface area contributed by atoms with E-state index in [0.29, 0.717) is 0 Å². The van der Waals surface area contributed by atoms with E-state index >= 15 is 0 Å². The Morgan fingerprint density at radius 2 is 0.882 bits per heavy atom. The molecule has 200 valence electrons. The molecule has 3 unspecified atom stereocenters. The lowest BCUT2D eigenvalue weighted by Gasteiger charge is -2.38. The quantitative estimate of drug-likeness (QED) is 0.384. The van der Waals surface area contributed by atoms with Crippen molar-refractivity contribution in [1.29, 1.82) is 0 Å². The predicted molar refractivity (Wildman–Crippen MR) is 62.8 cm³/mol. The Balaban J connectivity index is 7.34. The second-order valence-electron chi connectivity index (χ2n) is 5.94. The van der Waals surface area contributed by atoms with Crippen molar-refractivity contribution in [2.75, 3.05) is 0 Å². The third kappa shape index (κ3) is 4.63. The van der Waals surface area contributed by atoms with Gasteiger partial charge < -0.3 is 5.11 Å². The van der Waals surface area contributed by atoms with Crippen molar-refractivity contribution in [1.82, 2.24) is 0 Å². The molecule has 1 N–H and O–H groups in total. The Morgan fingerprint density at radius 1 is 0.529 bits per heavy atom. The summed E-state index contributed by atoms with van der Waals surface area (Å²) in [4.78, 5) is 32.8. The molecule has 0 heterocycles. The number of halogens is 18. The van der Waals surface area contributed by atoms with Crippen LogP contribution in [0.25, 0.3) is 0 Å². The standard InChI is InChI=1S/C12H2F18O4/c13-5(11(25,26)27,2(32)9(19,20)21)1(31)8(17,18)7(16,12(28,29)30)3(33)6(14,15)4(34)10(22,23)24/h4,34H. The number of hydrogen-bond acceptors (Lipinski definition) is 4. The van der Waals surface area contributed by atoms with E-state index in [9.17, 15) is 93.4 Å². The molecule has 3 atom stereocenters. The van der Waals surface area contributed by atoms with E-state index in [1.165, 1.54) is 0 Å². The van der Waals surface area contributed by atoms with Gasteiger partial charge in [0.1, 0.15) is 0 Å². The molecule has 4 nitrogen and oxygen atoms in total. The highest BCUT2D eigenvalue weighted by Gasteiger charge is 2.88. The van der Waals surface area contributed by atoms with Gasteiger partial charge in [-0.05, 0) is 0 Å². The zero-order valence-corrected chi connectivity index (χ0v) is 14.6. The van der Waals surface area contributed by atoms with Crippen molar-refractivity contribution < 1.29 is 98.5 Å². The summed E-state index contributed by atoms with van der Waals surface area (Å²) >= 11 is 0. The van der Waals surface area contributed by atoms with Gasteiger partial charge in [-0.1, -0.05) is 0 Å². The molecule has 0 saturated heterocycles. The van der Waals surface area contributed by atoms with Crippen LogP contribution in [-0.4, -0.2) is 76.4 Å². The number of carbonyl (C=O) groups excluding carboxylic acids is 3. The number of alkyl halides is 18. The second-order valence-corrected chi connectivity index (χ2v) is 5.94. The summed E-state index contributed by atoms with van der Waals surface area (Å²) in [6.45, 7) is 0. The fourth-order valence-electron chi connectivity index (χ4n) is 1.94. The summed E-state index contributed by atoms with van der Waals surface area (Å²) < 4.78 is 231. The minimum Gasteiger partial charge on any atom is -0.378 e. The topological polar surface area (TPSA) is 71.4 Å². The van der Waals surface area contributed by atoms with Crippen LogP contribution in [0.5, 0.6) is 0 Å². The highest BCUT2D eigenvalue weighted by Crippen LogP contribution is 2.54. The summed E-state index contributed by atoms with van der Waals surface area (Å²) in [6, 6.07) is 0. The van der Waals surface area contributed by atoms with Gasteiger partial charge in [0.05, 0.1) is 0 Å². The highest BCUT2D eigenvalue weighted by atomic mass is 19.4. The largest absolute Gasteiger partial charge is 0.454 e. The Hall–Kier alpha value is -2.29. The molecule has 0 rings (SSSR count). The molecular formula is C12H2F18O4. The Labute approximate surface area is 171 Å². The molecule has 0 aliphatic heterocycles. The third-order valence-electron chi connectivity index (χ3n) is 3.65. The molecule has 0 saturated carbocycles.